The van der Waals surface area contributed by atoms with Crippen LogP contribution in [0.5, 0.6) is 0 Å². The van der Waals surface area contributed by atoms with E-state index in [0.29, 0.717) is 17.1 Å². The lowest BCUT2D eigenvalue weighted by Crippen LogP contribution is -2.11. The minimum absolute atomic E-state index is 0.294. The van der Waals surface area contributed by atoms with Crippen molar-refractivity contribution in [1.82, 2.24) is 9.55 Å². The van der Waals surface area contributed by atoms with Crippen LogP contribution in [-0.4, -0.2) is 20.6 Å². The van der Waals surface area contributed by atoms with Gasteiger partial charge in [-0.1, -0.05) is 33.3 Å². The van der Waals surface area contributed by atoms with Gasteiger partial charge in [0.1, 0.15) is 11.3 Å². The van der Waals surface area contributed by atoms with Crippen molar-refractivity contribution in [2.24, 2.45) is 0 Å². The van der Waals surface area contributed by atoms with E-state index in [0.717, 1.165) is 37.0 Å². The third-order valence-corrected chi connectivity index (χ3v) is 3.80. The molecule has 0 saturated heterocycles. The molecule has 0 aliphatic heterocycles. The average Bonchev–Trinajstić information content (AvgIpc) is 2.82. The fourth-order valence-corrected chi connectivity index (χ4v) is 2.84. The third-order valence-electron chi connectivity index (χ3n) is 3.80. The normalized spacial score (nSPS) is 12.8. The summed E-state index contributed by atoms with van der Waals surface area (Å²) in [7, 11) is 0. The number of aryl methyl sites for hydroxylation is 1. The van der Waals surface area contributed by atoms with E-state index in [4.69, 9.17) is 0 Å². The zero-order chi connectivity index (χ0) is 14.7. The number of imidazole rings is 1. The number of fused-ring (bicyclic) bond motifs is 1. The number of hydrogen-bond donors (Lipinski definition) is 1. The van der Waals surface area contributed by atoms with Crippen molar-refractivity contribution in [2.45, 2.75) is 52.5 Å². The Bertz CT molecular complexity index is 616. The van der Waals surface area contributed by atoms with E-state index in [2.05, 4.69) is 30.3 Å². The average molecular weight is 274 g/mol. The van der Waals surface area contributed by atoms with Crippen LogP contribution in [0.25, 0.3) is 11.0 Å². The number of carboxylic acids is 1. The first kappa shape index (κ1) is 14.6. The lowest BCUT2D eigenvalue weighted by molar-refractivity contribution is 0.0699. The summed E-state index contributed by atoms with van der Waals surface area (Å²) in [6, 6.07) is 5.81. The number of aromatic nitrogens is 2. The summed E-state index contributed by atoms with van der Waals surface area (Å²) in [5, 5.41) is 9.31. The number of hydrogen-bond acceptors (Lipinski definition) is 2. The minimum atomic E-state index is -0.911. The van der Waals surface area contributed by atoms with Crippen LogP contribution < -0.4 is 0 Å². The van der Waals surface area contributed by atoms with Gasteiger partial charge in [0.05, 0.1) is 11.1 Å². The molecule has 4 heteroatoms. The maximum absolute atomic E-state index is 11.3. The summed E-state index contributed by atoms with van der Waals surface area (Å²) in [5.41, 5.74) is 1.86. The molecule has 20 heavy (non-hydrogen) atoms. The van der Waals surface area contributed by atoms with Gasteiger partial charge in [0, 0.05) is 12.5 Å². The molecule has 0 aliphatic carbocycles. The number of benzene rings is 1. The maximum atomic E-state index is 11.3. The topological polar surface area (TPSA) is 55.1 Å². The molecule has 108 valence electrons. The Morgan fingerprint density at radius 1 is 1.35 bits per heavy atom. The summed E-state index contributed by atoms with van der Waals surface area (Å²) in [6.45, 7) is 6.42. The SMILES string of the molecule is CCCC(CC)n1c(CC)nc2c(C(=O)O)cccc21. The lowest BCUT2D eigenvalue weighted by Gasteiger charge is -2.19. The fraction of sp³-hybridized carbons (Fsp3) is 0.500. The van der Waals surface area contributed by atoms with E-state index in [1.54, 1.807) is 6.07 Å². The molecule has 1 atom stereocenters. The van der Waals surface area contributed by atoms with Crippen LogP contribution in [0.3, 0.4) is 0 Å². The highest BCUT2D eigenvalue weighted by Crippen LogP contribution is 2.28. The number of rotatable bonds is 6. The molecular weight excluding hydrogens is 252 g/mol. The fourth-order valence-electron chi connectivity index (χ4n) is 2.84. The predicted octanol–water partition coefficient (Wildman–Crippen LogP) is 4.05. The van der Waals surface area contributed by atoms with Crippen molar-refractivity contribution in [3.8, 4) is 0 Å². The van der Waals surface area contributed by atoms with Crippen LogP contribution in [0, 0.1) is 0 Å². The Morgan fingerprint density at radius 2 is 2.10 bits per heavy atom. The van der Waals surface area contributed by atoms with Crippen molar-refractivity contribution >= 4 is 17.0 Å². The molecule has 2 aromatic rings. The highest BCUT2D eigenvalue weighted by Gasteiger charge is 2.20. The van der Waals surface area contributed by atoms with Crippen LogP contribution in [0.4, 0.5) is 0 Å². The highest BCUT2D eigenvalue weighted by atomic mass is 16.4. The van der Waals surface area contributed by atoms with Gasteiger partial charge in [0.25, 0.3) is 0 Å². The number of carboxylic acid groups (broad SMARTS) is 1. The smallest absolute Gasteiger partial charge is 0.337 e. The third kappa shape index (κ3) is 2.42. The Morgan fingerprint density at radius 3 is 2.65 bits per heavy atom. The molecule has 0 amide bonds. The molecule has 1 aromatic carbocycles. The highest BCUT2D eigenvalue weighted by molar-refractivity contribution is 6.01. The molecule has 0 fully saturated rings. The minimum Gasteiger partial charge on any atom is -0.478 e. The van der Waals surface area contributed by atoms with Gasteiger partial charge in [-0.2, -0.15) is 0 Å². The second-order valence-electron chi connectivity index (χ2n) is 5.08. The van der Waals surface area contributed by atoms with E-state index in [1.807, 2.05) is 12.1 Å². The molecule has 1 unspecified atom stereocenters. The van der Waals surface area contributed by atoms with Gasteiger partial charge in [-0.05, 0) is 25.0 Å². The van der Waals surface area contributed by atoms with Crippen molar-refractivity contribution < 1.29 is 9.90 Å². The van der Waals surface area contributed by atoms with Crippen LogP contribution in [0.2, 0.25) is 0 Å². The molecular formula is C16H22N2O2. The lowest BCUT2D eigenvalue weighted by atomic mass is 10.1. The Hall–Kier alpha value is -1.84. The number of nitrogens with zero attached hydrogens (tertiary/aromatic N) is 2. The molecule has 0 spiro atoms. The van der Waals surface area contributed by atoms with Gasteiger partial charge in [0.2, 0.25) is 0 Å². The van der Waals surface area contributed by atoms with Crippen molar-refractivity contribution in [3.05, 3.63) is 29.6 Å². The molecule has 0 saturated carbocycles. The molecule has 0 aliphatic rings. The van der Waals surface area contributed by atoms with Gasteiger partial charge in [0.15, 0.2) is 0 Å². The van der Waals surface area contributed by atoms with Crippen LogP contribution in [0.15, 0.2) is 18.2 Å². The molecule has 1 aromatic heterocycles. The quantitative estimate of drug-likeness (QED) is 0.864. The summed E-state index contributed by atoms with van der Waals surface area (Å²) < 4.78 is 2.24. The van der Waals surface area contributed by atoms with Crippen molar-refractivity contribution in [2.75, 3.05) is 0 Å². The van der Waals surface area contributed by atoms with E-state index in [1.165, 1.54) is 0 Å². The summed E-state index contributed by atoms with van der Waals surface area (Å²) in [4.78, 5) is 15.9. The van der Waals surface area contributed by atoms with E-state index < -0.39 is 5.97 Å². The van der Waals surface area contributed by atoms with Crippen molar-refractivity contribution in [3.63, 3.8) is 0 Å². The zero-order valence-corrected chi connectivity index (χ0v) is 12.4. The Labute approximate surface area is 119 Å². The van der Waals surface area contributed by atoms with Gasteiger partial charge in [-0.3, -0.25) is 0 Å². The maximum Gasteiger partial charge on any atom is 0.337 e. The summed E-state index contributed by atoms with van der Waals surface area (Å²) >= 11 is 0. The zero-order valence-electron chi connectivity index (χ0n) is 12.4. The molecule has 0 radical (unpaired) electrons. The van der Waals surface area contributed by atoms with Crippen LogP contribution >= 0.6 is 0 Å². The predicted molar refractivity (Wildman–Crippen MR) is 80.3 cm³/mol. The Kier molecular flexibility index (Phi) is 4.42. The first-order valence-electron chi connectivity index (χ1n) is 7.37. The van der Waals surface area contributed by atoms with Gasteiger partial charge in [-0.15, -0.1) is 0 Å². The number of carbonyl (C=O) groups is 1. The second-order valence-corrected chi connectivity index (χ2v) is 5.08. The standard InChI is InChI=1S/C16H22N2O2/c1-4-8-11(5-2)18-13-10-7-9-12(16(19)20)15(13)17-14(18)6-3/h7,9-11H,4-6,8H2,1-3H3,(H,19,20). The first-order chi connectivity index (χ1) is 9.63. The van der Waals surface area contributed by atoms with Gasteiger partial charge >= 0.3 is 5.97 Å². The van der Waals surface area contributed by atoms with Crippen LogP contribution in [-0.2, 0) is 6.42 Å². The molecule has 2 rings (SSSR count). The second kappa shape index (κ2) is 6.07. The van der Waals surface area contributed by atoms with Gasteiger partial charge in [-0.25, -0.2) is 9.78 Å². The number of aromatic carboxylic acids is 1. The van der Waals surface area contributed by atoms with Crippen molar-refractivity contribution in [1.29, 1.82) is 0 Å². The Balaban J connectivity index is 2.69. The molecule has 0 bridgehead atoms. The van der Waals surface area contributed by atoms with E-state index in [9.17, 15) is 9.90 Å². The molecule has 4 nitrogen and oxygen atoms in total. The van der Waals surface area contributed by atoms with Crippen LogP contribution in [0.1, 0.15) is 62.3 Å². The first-order valence-corrected chi connectivity index (χ1v) is 7.37. The van der Waals surface area contributed by atoms with Gasteiger partial charge < -0.3 is 9.67 Å². The summed E-state index contributed by atoms with van der Waals surface area (Å²) in [6.07, 6.45) is 4.05. The largest absolute Gasteiger partial charge is 0.478 e. The molecule has 1 N–H and O–H groups in total. The van der Waals surface area contributed by atoms with E-state index >= 15 is 0 Å². The summed E-state index contributed by atoms with van der Waals surface area (Å²) in [5.74, 6) is 0.0699. The van der Waals surface area contributed by atoms with E-state index in [-0.39, 0.29) is 0 Å². The number of para-hydroxylation sites is 1. The monoisotopic (exact) mass is 274 g/mol. The molecule has 1 heterocycles.